The van der Waals surface area contributed by atoms with Crippen LogP contribution in [0.1, 0.15) is 26.3 Å². The van der Waals surface area contributed by atoms with Crippen LogP contribution in [0.4, 0.5) is 0 Å². The van der Waals surface area contributed by atoms with Crippen LogP contribution < -0.4 is 10.1 Å². The molecule has 1 aliphatic rings. The molecule has 21 heavy (non-hydrogen) atoms. The molecule has 1 heterocycles. The Morgan fingerprint density at radius 2 is 2.10 bits per heavy atom. The minimum atomic E-state index is -3.42. The highest BCUT2D eigenvalue weighted by atomic mass is 32.2. The molecule has 5 nitrogen and oxygen atoms in total. The third-order valence-corrected chi connectivity index (χ3v) is 5.34. The molecule has 1 N–H and O–H groups in total. The lowest BCUT2D eigenvalue weighted by molar-refractivity contribution is 0.240. The number of rotatable bonds is 4. The van der Waals surface area contributed by atoms with Gasteiger partial charge in [0, 0.05) is 25.7 Å². The lowest BCUT2D eigenvalue weighted by atomic mass is 10.2. The Balaban J connectivity index is 2.26. The zero-order chi connectivity index (χ0) is 15.6. The molecule has 118 valence electrons. The van der Waals surface area contributed by atoms with Crippen molar-refractivity contribution in [1.29, 1.82) is 0 Å². The standard InChI is InChI=1S/C15H24N2O3S/c1-11(2)20-15-6-5-14(9-12(15)3)21(18,19)17-8-7-16-13(4)10-17/h5-6,9,11,13,16H,7-8,10H2,1-4H3. The molecule has 1 aromatic rings. The summed E-state index contributed by atoms with van der Waals surface area (Å²) >= 11 is 0. The molecule has 0 spiro atoms. The van der Waals surface area contributed by atoms with Crippen LogP contribution in [0.5, 0.6) is 5.75 Å². The number of hydrogen-bond donors (Lipinski definition) is 1. The lowest BCUT2D eigenvalue weighted by Crippen LogP contribution is -2.51. The molecule has 0 saturated carbocycles. The van der Waals surface area contributed by atoms with Gasteiger partial charge in [-0.25, -0.2) is 8.42 Å². The first-order valence-electron chi connectivity index (χ1n) is 7.31. The smallest absolute Gasteiger partial charge is 0.243 e. The van der Waals surface area contributed by atoms with Crippen molar-refractivity contribution in [1.82, 2.24) is 9.62 Å². The number of piperazine rings is 1. The van der Waals surface area contributed by atoms with E-state index < -0.39 is 10.0 Å². The topological polar surface area (TPSA) is 58.6 Å². The summed E-state index contributed by atoms with van der Waals surface area (Å²) < 4.78 is 32.6. The van der Waals surface area contributed by atoms with E-state index in [-0.39, 0.29) is 12.1 Å². The maximum atomic E-state index is 12.7. The number of sulfonamides is 1. The van der Waals surface area contributed by atoms with E-state index in [1.807, 2.05) is 27.7 Å². The van der Waals surface area contributed by atoms with Crippen molar-refractivity contribution in [3.05, 3.63) is 23.8 Å². The van der Waals surface area contributed by atoms with Crippen molar-refractivity contribution in [3.8, 4) is 5.75 Å². The highest BCUT2D eigenvalue weighted by Gasteiger charge is 2.28. The van der Waals surface area contributed by atoms with Crippen LogP contribution in [-0.2, 0) is 10.0 Å². The van der Waals surface area contributed by atoms with Crippen LogP contribution in [-0.4, -0.2) is 44.5 Å². The predicted octanol–water partition coefficient (Wildman–Crippen LogP) is 1.76. The van der Waals surface area contributed by atoms with Gasteiger partial charge in [0.2, 0.25) is 10.0 Å². The molecule has 1 saturated heterocycles. The Bertz CT molecular complexity index is 599. The van der Waals surface area contributed by atoms with Crippen LogP contribution in [0.25, 0.3) is 0 Å². The Kier molecular flexibility index (Phi) is 4.91. The van der Waals surface area contributed by atoms with Crippen LogP contribution >= 0.6 is 0 Å². The first kappa shape index (κ1) is 16.3. The number of nitrogens with one attached hydrogen (secondary N) is 1. The van der Waals surface area contributed by atoms with Gasteiger partial charge in [-0.1, -0.05) is 0 Å². The molecule has 0 bridgehead atoms. The largest absolute Gasteiger partial charge is 0.491 e. The Labute approximate surface area is 127 Å². The Hall–Kier alpha value is -1.11. The normalized spacial score (nSPS) is 20.7. The predicted molar refractivity (Wildman–Crippen MR) is 83.2 cm³/mol. The molecule has 0 aromatic heterocycles. The summed E-state index contributed by atoms with van der Waals surface area (Å²) in [5.74, 6) is 0.734. The van der Waals surface area contributed by atoms with Gasteiger partial charge in [-0.2, -0.15) is 4.31 Å². The van der Waals surface area contributed by atoms with Gasteiger partial charge < -0.3 is 10.1 Å². The van der Waals surface area contributed by atoms with Gasteiger partial charge in [0.15, 0.2) is 0 Å². The van der Waals surface area contributed by atoms with Crippen molar-refractivity contribution < 1.29 is 13.2 Å². The number of nitrogens with zero attached hydrogens (tertiary/aromatic N) is 1. The monoisotopic (exact) mass is 312 g/mol. The molecular formula is C15H24N2O3S. The maximum absolute atomic E-state index is 12.7. The van der Waals surface area contributed by atoms with E-state index >= 15 is 0 Å². The molecule has 1 aliphatic heterocycles. The van der Waals surface area contributed by atoms with Crippen molar-refractivity contribution in [3.63, 3.8) is 0 Å². The minimum Gasteiger partial charge on any atom is -0.491 e. The summed E-state index contributed by atoms with van der Waals surface area (Å²) in [4.78, 5) is 0.338. The average Bonchev–Trinajstić information content (AvgIpc) is 2.40. The molecule has 6 heteroatoms. The van der Waals surface area contributed by atoms with Crippen LogP contribution in [0.2, 0.25) is 0 Å². The van der Waals surface area contributed by atoms with Gasteiger partial charge in [0.05, 0.1) is 11.0 Å². The summed E-state index contributed by atoms with van der Waals surface area (Å²) in [6.07, 6.45) is 0.0696. The van der Waals surface area contributed by atoms with Crippen molar-refractivity contribution in [2.75, 3.05) is 19.6 Å². The zero-order valence-electron chi connectivity index (χ0n) is 13.1. The molecule has 1 fully saturated rings. The molecule has 1 atom stereocenters. The SMILES string of the molecule is Cc1cc(S(=O)(=O)N2CCNC(C)C2)ccc1OC(C)C. The second kappa shape index (κ2) is 6.34. The quantitative estimate of drug-likeness (QED) is 0.920. The lowest BCUT2D eigenvalue weighted by Gasteiger charge is -2.31. The van der Waals surface area contributed by atoms with Gasteiger partial charge in [0.1, 0.15) is 5.75 Å². The van der Waals surface area contributed by atoms with Crippen LogP contribution in [0.15, 0.2) is 23.1 Å². The van der Waals surface area contributed by atoms with Gasteiger partial charge in [-0.15, -0.1) is 0 Å². The highest BCUT2D eigenvalue weighted by molar-refractivity contribution is 7.89. The third-order valence-electron chi connectivity index (χ3n) is 3.48. The molecule has 1 aromatic carbocycles. The van der Waals surface area contributed by atoms with Crippen molar-refractivity contribution in [2.45, 2.75) is 44.7 Å². The first-order chi connectivity index (χ1) is 9.80. The number of ether oxygens (including phenoxy) is 1. The Morgan fingerprint density at radius 1 is 1.38 bits per heavy atom. The number of benzene rings is 1. The number of aryl methyl sites for hydroxylation is 1. The van der Waals surface area contributed by atoms with Gasteiger partial charge in [0.25, 0.3) is 0 Å². The first-order valence-corrected chi connectivity index (χ1v) is 8.75. The molecule has 0 amide bonds. The maximum Gasteiger partial charge on any atom is 0.243 e. The summed E-state index contributed by atoms with van der Waals surface area (Å²) in [5.41, 5.74) is 0.841. The fourth-order valence-electron chi connectivity index (χ4n) is 2.43. The van der Waals surface area contributed by atoms with E-state index in [0.717, 1.165) is 11.3 Å². The summed E-state index contributed by atoms with van der Waals surface area (Å²) in [6.45, 7) is 9.47. The fourth-order valence-corrected chi connectivity index (χ4v) is 4.05. The third kappa shape index (κ3) is 3.75. The second-order valence-corrected chi connectivity index (χ2v) is 7.75. The molecular weight excluding hydrogens is 288 g/mol. The Morgan fingerprint density at radius 3 is 2.67 bits per heavy atom. The summed E-state index contributed by atoms with van der Waals surface area (Å²) in [6, 6.07) is 5.25. The summed E-state index contributed by atoms with van der Waals surface area (Å²) in [7, 11) is -3.42. The number of hydrogen-bond acceptors (Lipinski definition) is 4. The summed E-state index contributed by atoms with van der Waals surface area (Å²) in [5, 5.41) is 3.25. The van der Waals surface area contributed by atoms with Crippen LogP contribution in [0, 0.1) is 6.92 Å². The van der Waals surface area contributed by atoms with Gasteiger partial charge in [-0.3, -0.25) is 0 Å². The van der Waals surface area contributed by atoms with Gasteiger partial charge in [-0.05, 0) is 51.5 Å². The average molecular weight is 312 g/mol. The minimum absolute atomic E-state index is 0.0696. The fraction of sp³-hybridized carbons (Fsp3) is 0.600. The molecule has 1 unspecified atom stereocenters. The highest BCUT2D eigenvalue weighted by Crippen LogP contribution is 2.25. The molecule has 0 aliphatic carbocycles. The van der Waals surface area contributed by atoms with E-state index in [1.54, 1.807) is 22.5 Å². The van der Waals surface area contributed by atoms with E-state index in [1.165, 1.54) is 0 Å². The van der Waals surface area contributed by atoms with E-state index in [9.17, 15) is 8.42 Å². The van der Waals surface area contributed by atoms with E-state index in [2.05, 4.69) is 5.32 Å². The van der Waals surface area contributed by atoms with Gasteiger partial charge >= 0.3 is 0 Å². The molecule has 2 rings (SSSR count). The van der Waals surface area contributed by atoms with Crippen molar-refractivity contribution >= 4 is 10.0 Å². The molecule has 0 radical (unpaired) electrons. The van der Waals surface area contributed by atoms with Crippen LogP contribution in [0.3, 0.4) is 0 Å². The second-order valence-electron chi connectivity index (χ2n) is 5.81. The van der Waals surface area contributed by atoms with Crippen molar-refractivity contribution in [2.24, 2.45) is 0 Å². The zero-order valence-corrected chi connectivity index (χ0v) is 13.9. The van der Waals surface area contributed by atoms with E-state index in [0.29, 0.717) is 24.5 Å². The van der Waals surface area contributed by atoms with E-state index in [4.69, 9.17) is 4.74 Å².